The third-order valence-electron chi connectivity index (χ3n) is 3.53. The smallest absolute Gasteiger partial charge is 0.183 e. The molecule has 23 heavy (non-hydrogen) atoms. The highest BCUT2D eigenvalue weighted by molar-refractivity contribution is 9.10. The number of halogens is 3. The van der Waals surface area contributed by atoms with E-state index in [1.807, 2.05) is 0 Å². The molecule has 2 rings (SSSR count). The summed E-state index contributed by atoms with van der Waals surface area (Å²) in [5, 5.41) is 1.73. The van der Waals surface area contributed by atoms with E-state index in [4.69, 9.17) is 0 Å². The van der Waals surface area contributed by atoms with E-state index in [1.165, 1.54) is 12.1 Å². The lowest BCUT2D eigenvalue weighted by molar-refractivity contribution is -0.689. The van der Waals surface area contributed by atoms with Crippen LogP contribution in [0.2, 0.25) is 0 Å². The topological polar surface area (TPSA) is 50.8 Å². The molecular weight excluding hydrogens is 388 g/mol. The summed E-state index contributed by atoms with van der Waals surface area (Å²) in [7, 11) is -3.38. The van der Waals surface area contributed by atoms with Gasteiger partial charge < -0.3 is 5.32 Å². The number of sulfone groups is 1. The maximum Gasteiger partial charge on any atom is 0.183 e. The van der Waals surface area contributed by atoms with Crippen molar-refractivity contribution >= 4 is 25.8 Å². The summed E-state index contributed by atoms with van der Waals surface area (Å²) >= 11 is 3.26. The van der Waals surface area contributed by atoms with Gasteiger partial charge in [-0.15, -0.1) is 0 Å². The maximum atomic E-state index is 13.7. The molecule has 0 aliphatic heterocycles. The fourth-order valence-electron chi connectivity index (χ4n) is 2.23. The van der Waals surface area contributed by atoms with Gasteiger partial charge in [0.15, 0.2) is 9.84 Å². The van der Waals surface area contributed by atoms with Crippen molar-refractivity contribution in [2.45, 2.75) is 17.9 Å². The number of quaternary nitrogens is 1. The van der Waals surface area contributed by atoms with E-state index in [-0.39, 0.29) is 23.2 Å². The van der Waals surface area contributed by atoms with Crippen LogP contribution in [0.1, 0.15) is 18.5 Å². The maximum absolute atomic E-state index is 13.7. The van der Waals surface area contributed by atoms with Crippen LogP contribution in [0, 0.1) is 11.6 Å². The van der Waals surface area contributed by atoms with Crippen LogP contribution >= 0.6 is 15.9 Å². The minimum Gasteiger partial charge on any atom is -0.339 e. The molecular formula is C16H17BrF2NO2S+. The molecule has 0 aliphatic carbocycles. The zero-order chi connectivity index (χ0) is 17.0. The second-order valence-corrected chi connectivity index (χ2v) is 8.28. The van der Waals surface area contributed by atoms with Gasteiger partial charge in [-0.3, -0.25) is 0 Å². The van der Waals surface area contributed by atoms with E-state index in [2.05, 4.69) is 15.9 Å². The first-order valence-corrected chi connectivity index (χ1v) is 9.51. The second kappa shape index (κ2) is 7.51. The van der Waals surface area contributed by atoms with Crippen LogP contribution in [0.25, 0.3) is 0 Å². The van der Waals surface area contributed by atoms with Gasteiger partial charge in [0, 0.05) is 16.1 Å². The van der Waals surface area contributed by atoms with E-state index >= 15 is 0 Å². The Balaban J connectivity index is 1.97. The Hall–Kier alpha value is -1.31. The number of hydrogen-bond donors (Lipinski definition) is 1. The van der Waals surface area contributed by atoms with Crippen molar-refractivity contribution in [3.8, 4) is 0 Å². The SMILES string of the molecule is C[C@@H]([NH2+]CCS(=O)(=O)c1ccc(Br)cc1)c1ccc(F)cc1F. The number of rotatable bonds is 6. The molecule has 0 unspecified atom stereocenters. The summed E-state index contributed by atoms with van der Waals surface area (Å²) in [6.07, 6.45) is 0. The first-order chi connectivity index (χ1) is 10.8. The van der Waals surface area contributed by atoms with E-state index in [9.17, 15) is 17.2 Å². The summed E-state index contributed by atoms with van der Waals surface area (Å²) < 4.78 is 51.8. The Morgan fingerprint density at radius 1 is 1.13 bits per heavy atom. The Morgan fingerprint density at radius 3 is 2.39 bits per heavy atom. The molecule has 7 heteroatoms. The van der Waals surface area contributed by atoms with Crippen molar-refractivity contribution in [2.24, 2.45) is 0 Å². The predicted molar refractivity (Wildman–Crippen MR) is 87.8 cm³/mol. The Kier molecular flexibility index (Phi) is 5.89. The van der Waals surface area contributed by atoms with Crippen LogP contribution in [-0.4, -0.2) is 20.7 Å². The van der Waals surface area contributed by atoms with Crippen molar-refractivity contribution in [2.75, 3.05) is 12.3 Å². The summed E-state index contributed by atoms with van der Waals surface area (Å²) in [5.41, 5.74) is 0.354. The standard InChI is InChI=1S/C16H16BrF2NO2S/c1-11(15-7-4-13(18)10-16(15)19)20-8-9-23(21,22)14-5-2-12(17)3-6-14/h2-7,10-11,20H,8-9H2,1H3/p+1/t11-/m1/s1. The van der Waals surface area contributed by atoms with Crippen LogP contribution in [0.3, 0.4) is 0 Å². The van der Waals surface area contributed by atoms with Gasteiger partial charge >= 0.3 is 0 Å². The molecule has 0 heterocycles. The van der Waals surface area contributed by atoms with Crippen LogP contribution < -0.4 is 5.32 Å². The Morgan fingerprint density at radius 2 is 1.78 bits per heavy atom. The lowest BCUT2D eigenvalue weighted by Gasteiger charge is -2.12. The molecule has 1 atom stereocenters. The van der Waals surface area contributed by atoms with E-state index in [0.717, 1.165) is 10.5 Å². The molecule has 0 saturated heterocycles. The summed E-state index contributed by atoms with van der Waals surface area (Å²) in [6, 6.07) is 9.55. The third kappa shape index (κ3) is 4.83. The number of benzene rings is 2. The van der Waals surface area contributed by atoms with Gasteiger partial charge in [-0.1, -0.05) is 15.9 Å². The first-order valence-electron chi connectivity index (χ1n) is 7.06. The molecule has 124 valence electrons. The lowest BCUT2D eigenvalue weighted by Crippen LogP contribution is -2.85. The highest BCUT2D eigenvalue weighted by Gasteiger charge is 2.18. The molecule has 0 bridgehead atoms. The minimum absolute atomic E-state index is 0.0538. The summed E-state index contributed by atoms with van der Waals surface area (Å²) in [4.78, 5) is 0.259. The fraction of sp³-hybridized carbons (Fsp3) is 0.250. The molecule has 0 aliphatic rings. The van der Waals surface area contributed by atoms with Gasteiger partial charge in [-0.25, -0.2) is 17.2 Å². The number of nitrogens with two attached hydrogens (primary N) is 1. The first kappa shape index (κ1) is 18.0. The lowest BCUT2D eigenvalue weighted by atomic mass is 10.1. The van der Waals surface area contributed by atoms with Crippen LogP contribution in [-0.2, 0) is 9.84 Å². The Bertz CT molecular complexity index is 779. The van der Waals surface area contributed by atoms with E-state index < -0.39 is 21.5 Å². The van der Waals surface area contributed by atoms with Crippen LogP contribution in [0.15, 0.2) is 51.8 Å². The van der Waals surface area contributed by atoms with Gasteiger partial charge in [-0.2, -0.15) is 0 Å². The average molecular weight is 405 g/mol. The molecule has 0 spiro atoms. The second-order valence-electron chi connectivity index (χ2n) is 5.25. The van der Waals surface area contributed by atoms with Crippen molar-refractivity contribution < 1.29 is 22.5 Å². The molecule has 2 N–H and O–H groups in total. The van der Waals surface area contributed by atoms with Gasteiger partial charge in [-0.05, 0) is 43.3 Å². The number of hydrogen-bond acceptors (Lipinski definition) is 2. The monoisotopic (exact) mass is 404 g/mol. The molecule has 3 nitrogen and oxygen atoms in total. The zero-order valence-electron chi connectivity index (χ0n) is 12.5. The van der Waals surface area contributed by atoms with Crippen molar-refractivity contribution in [1.29, 1.82) is 0 Å². The largest absolute Gasteiger partial charge is 0.339 e. The highest BCUT2D eigenvalue weighted by atomic mass is 79.9. The van der Waals surface area contributed by atoms with Gasteiger partial charge in [0.25, 0.3) is 0 Å². The van der Waals surface area contributed by atoms with Gasteiger partial charge in [0.05, 0.1) is 11.4 Å². The minimum atomic E-state index is -3.38. The quantitative estimate of drug-likeness (QED) is 0.804. The average Bonchev–Trinajstić information content (AvgIpc) is 2.47. The molecule has 0 radical (unpaired) electrons. The molecule has 0 aromatic heterocycles. The fourth-order valence-corrected chi connectivity index (χ4v) is 3.73. The molecule has 0 amide bonds. The summed E-state index contributed by atoms with van der Waals surface area (Å²) in [5.74, 6) is -1.30. The van der Waals surface area contributed by atoms with Crippen molar-refractivity contribution in [1.82, 2.24) is 0 Å². The van der Waals surface area contributed by atoms with E-state index in [0.29, 0.717) is 5.56 Å². The predicted octanol–water partition coefficient (Wildman–Crippen LogP) is 2.83. The van der Waals surface area contributed by atoms with Gasteiger partial charge in [0.2, 0.25) is 0 Å². The van der Waals surface area contributed by atoms with Crippen molar-refractivity contribution in [3.63, 3.8) is 0 Å². The Labute approximate surface area is 142 Å². The van der Waals surface area contributed by atoms with E-state index in [1.54, 1.807) is 36.5 Å². The molecule has 2 aromatic carbocycles. The summed E-state index contributed by atoms with van der Waals surface area (Å²) in [6.45, 7) is 2.04. The van der Waals surface area contributed by atoms with Gasteiger partial charge in [0.1, 0.15) is 23.4 Å². The van der Waals surface area contributed by atoms with Crippen LogP contribution in [0.5, 0.6) is 0 Å². The van der Waals surface area contributed by atoms with Crippen LogP contribution in [0.4, 0.5) is 8.78 Å². The zero-order valence-corrected chi connectivity index (χ0v) is 14.9. The third-order valence-corrected chi connectivity index (χ3v) is 5.82. The van der Waals surface area contributed by atoms with Crippen molar-refractivity contribution in [3.05, 3.63) is 64.1 Å². The molecule has 2 aromatic rings. The highest BCUT2D eigenvalue weighted by Crippen LogP contribution is 2.16. The molecule has 0 saturated carbocycles. The molecule has 0 fully saturated rings. The normalized spacial score (nSPS) is 13.0.